The number of aryl methyl sites for hydroxylation is 1. The third-order valence-corrected chi connectivity index (χ3v) is 5.38. The zero-order valence-corrected chi connectivity index (χ0v) is 17.2. The third-order valence-electron chi connectivity index (χ3n) is 5.38. The summed E-state index contributed by atoms with van der Waals surface area (Å²) in [4.78, 5) is 19.7. The molecule has 2 aliphatic rings. The van der Waals surface area contributed by atoms with Gasteiger partial charge in [-0.1, -0.05) is 19.3 Å². The van der Waals surface area contributed by atoms with Crippen molar-refractivity contribution in [3.05, 3.63) is 47.1 Å². The van der Waals surface area contributed by atoms with Crippen molar-refractivity contribution in [3.8, 4) is 0 Å². The van der Waals surface area contributed by atoms with Gasteiger partial charge in [0.2, 0.25) is 0 Å². The minimum Gasteiger partial charge on any atom is -0.463 e. The number of aliphatic imine (C=N–C) groups is 1. The number of amidine groups is 1. The van der Waals surface area contributed by atoms with Crippen LogP contribution in [-0.4, -0.2) is 36.8 Å². The van der Waals surface area contributed by atoms with Crippen LogP contribution in [0, 0.1) is 6.92 Å². The second-order valence-corrected chi connectivity index (χ2v) is 7.52. The molecule has 7 nitrogen and oxygen atoms in total. The van der Waals surface area contributed by atoms with Crippen LogP contribution in [0.2, 0.25) is 0 Å². The average molecular weight is 386 g/mol. The van der Waals surface area contributed by atoms with E-state index in [1.165, 1.54) is 19.3 Å². The largest absolute Gasteiger partial charge is 0.463 e. The van der Waals surface area contributed by atoms with E-state index in [9.17, 15) is 4.79 Å². The van der Waals surface area contributed by atoms with E-state index in [1.807, 2.05) is 51.1 Å². The SMILES string of the molecule is CN/C(C)=C/C(=C\C1=NC(c2ccc(C)o2)NN1)C(=O)N(C)C1CCCCC1. The molecule has 1 amide bonds. The van der Waals surface area contributed by atoms with E-state index in [2.05, 4.69) is 21.2 Å². The molecule has 1 unspecified atom stereocenters. The predicted octanol–water partition coefficient (Wildman–Crippen LogP) is 2.93. The van der Waals surface area contributed by atoms with Gasteiger partial charge in [-0.2, -0.15) is 0 Å². The van der Waals surface area contributed by atoms with Crippen molar-refractivity contribution in [2.75, 3.05) is 14.1 Å². The van der Waals surface area contributed by atoms with Gasteiger partial charge in [-0.25, -0.2) is 10.4 Å². The topological polar surface area (TPSA) is 81.9 Å². The number of nitrogens with zero attached hydrogens (tertiary/aromatic N) is 2. The molecule has 0 spiro atoms. The lowest BCUT2D eigenvalue weighted by Crippen LogP contribution is -2.39. The van der Waals surface area contributed by atoms with E-state index in [0.29, 0.717) is 17.5 Å². The number of hydrogen-bond donors (Lipinski definition) is 3. The monoisotopic (exact) mass is 385 g/mol. The van der Waals surface area contributed by atoms with Crippen molar-refractivity contribution in [1.29, 1.82) is 0 Å². The van der Waals surface area contributed by atoms with Gasteiger partial charge in [-0.05, 0) is 51.0 Å². The number of furan rings is 1. The van der Waals surface area contributed by atoms with Gasteiger partial charge in [-0.15, -0.1) is 0 Å². The molecule has 1 aliphatic heterocycles. The maximum absolute atomic E-state index is 13.2. The Morgan fingerprint density at radius 3 is 2.71 bits per heavy atom. The van der Waals surface area contributed by atoms with Crippen LogP contribution in [0.25, 0.3) is 0 Å². The first kappa shape index (κ1) is 20.2. The number of amides is 1. The number of carbonyl (C=O) groups is 1. The third kappa shape index (κ3) is 4.84. The highest BCUT2D eigenvalue weighted by molar-refractivity contribution is 6.05. The molecule has 1 aromatic rings. The predicted molar refractivity (Wildman–Crippen MR) is 110 cm³/mol. The summed E-state index contributed by atoms with van der Waals surface area (Å²) >= 11 is 0. The number of rotatable bonds is 6. The van der Waals surface area contributed by atoms with Gasteiger partial charge in [0.15, 0.2) is 6.17 Å². The van der Waals surface area contributed by atoms with Crippen molar-refractivity contribution in [2.45, 2.75) is 58.2 Å². The Bertz CT molecular complexity index is 786. The lowest BCUT2D eigenvalue weighted by Gasteiger charge is -2.31. The first-order valence-electron chi connectivity index (χ1n) is 9.98. The van der Waals surface area contributed by atoms with Crippen LogP contribution in [0.1, 0.15) is 56.7 Å². The molecular weight excluding hydrogens is 354 g/mol. The molecule has 28 heavy (non-hydrogen) atoms. The van der Waals surface area contributed by atoms with E-state index >= 15 is 0 Å². The highest BCUT2D eigenvalue weighted by Gasteiger charge is 2.25. The van der Waals surface area contributed by atoms with E-state index < -0.39 is 0 Å². The van der Waals surface area contributed by atoms with E-state index in [1.54, 1.807) is 6.08 Å². The van der Waals surface area contributed by atoms with Gasteiger partial charge in [0.1, 0.15) is 17.4 Å². The maximum Gasteiger partial charge on any atom is 0.254 e. The molecule has 1 fully saturated rings. The maximum atomic E-state index is 13.2. The van der Waals surface area contributed by atoms with Crippen LogP contribution >= 0.6 is 0 Å². The molecule has 0 radical (unpaired) electrons. The Hall–Kier alpha value is -2.54. The Kier molecular flexibility index (Phi) is 6.57. The lowest BCUT2D eigenvalue weighted by molar-refractivity contribution is -0.128. The molecule has 3 N–H and O–H groups in total. The quantitative estimate of drug-likeness (QED) is 0.518. The Labute approximate surface area is 166 Å². The lowest BCUT2D eigenvalue weighted by atomic mass is 9.94. The first-order valence-corrected chi connectivity index (χ1v) is 9.98. The Balaban J connectivity index is 1.82. The van der Waals surface area contributed by atoms with Crippen LogP contribution in [0.3, 0.4) is 0 Å². The van der Waals surface area contributed by atoms with Crippen molar-refractivity contribution < 1.29 is 9.21 Å². The van der Waals surface area contributed by atoms with Gasteiger partial charge >= 0.3 is 0 Å². The Morgan fingerprint density at radius 2 is 2.07 bits per heavy atom. The minimum atomic E-state index is -0.304. The molecule has 1 saturated carbocycles. The van der Waals surface area contributed by atoms with Crippen molar-refractivity contribution >= 4 is 11.7 Å². The zero-order chi connectivity index (χ0) is 20.1. The molecule has 152 valence electrons. The summed E-state index contributed by atoms with van der Waals surface area (Å²) in [6.07, 6.45) is 9.16. The molecule has 0 bridgehead atoms. The summed E-state index contributed by atoms with van der Waals surface area (Å²) in [6, 6.07) is 4.12. The summed E-state index contributed by atoms with van der Waals surface area (Å²) in [5.74, 6) is 2.21. The summed E-state index contributed by atoms with van der Waals surface area (Å²) in [5, 5.41) is 3.09. The van der Waals surface area contributed by atoms with Crippen molar-refractivity contribution in [2.24, 2.45) is 4.99 Å². The smallest absolute Gasteiger partial charge is 0.254 e. The molecular formula is C21H31N5O2. The number of hydrazine groups is 1. The molecule has 1 aliphatic carbocycles. The number of allylic oxidation sites excluding steroid dienone is 1. The fourth-order valence-electron chi connectivity index (χ4n) is 3.61. The van der Waals surface area contributed by atoms with Crippen molar-refractivity contribution in [3.63, 3.8) is 0 Å². The summed E-state index contributed by atoms with van der Waals surface area (Å²) in [6.45, 7) is 3.85. The van der Waals surface area contributed by atoms with Crippen LogP contribution in [0.4, 0.5) is 0 Å². The van der Waals surface area contributed by atoms with Crippen LogP contribution in [0.5, 0.6) is 0 Å². The molecule has 7 heteroatoms. The summed E-state index contributed by atoms with van der Waals surface area (Å²) < 4.78 is 5.64. The molecule has 0 aromatic carbocycles. The molecule has 2 heterocycles. The van der Waals surface area contributed by atoms with Crippen molar-refractivity contribution in [1.82, 2.24) is 21.1 Å². The van der Waals surface area contributed by atoms with Gasteiger partial charge in [0, 0.05) is 31.4 Å². The van der Waals surface area contributed by atoms with E-state index in [0.717, 1.165) is 30.1 Å². The van der Waals surface area contributed by atoms with Crippen LogP contribution < -0.4 is 16.2 Å². The first-order chi connectivity index (χ1) is 13.5. The van der Waals surface area contributed by atoms with Crippen LogP contribution in [-0.2, 0) is 4.79 Å². The molecule has 1 aromatic heterocycles. The molecule has 1 atom stereocenters. The molecule has 0 saturated heterocycles. The normalized spacial score (nSPS) is 21.3. The number of nitrogens with one attached hydrogen (secondary N) is 3. The van der Waals surface area contributed by atoms with Gasteiger partial charge < -0.3 is 20.1 Å². The summed E-state index contributed by atoms with van der Waals surface area (Å²) in [7, 11) is 3.76. The number of carbonyl (C=O) groups excluding carboxylic acids is 1. The van der Waals surface area contributed by atoms with Gasteiger partial charge in [-0.3, -0.25) is 4.79 Å². The van der Waals surface area contributed by atoms with Crippen LogP contribution in [0.15, 0.2) is 45.0 Å². The average Bonchev–Trinajstić information content (AvgIpc) is 3.35. The Morgan fingerprint density at radius 1 is 1.32 bits per heavy atom. The zero-order valence-electron chi connectivity index (χ0n) is 17.2. The number of hydrogen-bond acceptors (Lipinski definition) is 6. The minimum absolute atomic E-state index is 0.0169. The highest BCUT2D eigenvalue weighted by atomic mass is 16.3. The standard InChI is InChI=1S/C21H31N5O2/c1-14(22-3)12-16(21(27)26(4)17-8-6-5-7-9-17)13-19-23-20(25-24-19)18-11-10-15(2)28-18/h10-13,17,20,22,25H,5-9H2,1-4H3,(H,23,24)/b14-12+,16-13+. The van der Waals surface area contributed by atoms with Gasteiger partial charge in [0.25, 0.3) is 5.91 Å². The van der Waals surface area contributed by atoms with E-state index in [-0.39, 0.29) is 12.1 Å². The fraction of sp³-hybridized carbons (Fsp3) is 0.524. The fourth-order valence-corrected chi connectivity index (χ4v) is 3.61. The second-order valence-electron chi connectivity index (χ2n) is 7.52. The van der Waals surface area contributed by atoms with Gasteiger partial charge in [0.05, 0.1) is 0 Å². The molecule has 3 rings (SSSR count). The number of likely N-dealkylation sites (N-methyl/N-ethyl adjacent to an activating group) is 1. The second kappa shape index (κ2) is 9.10. The van der Waals surface area contributed by atoms with E-state index in [4.69, 9.17) is 4.42 Å². The summed E-state index contributed by atoms with van der Waals surface area (Å²) in [5.41, 5.74) is 7.66. The highest BCUT2D eigenvalue weighted by Crippen LogP contribution is 2.24.